The molecule has 0 unspecified atom stereocenters. The average molecular weight is 232 g/mol. The Bertz CT molecular complexity index is 576. The first-order valence-corrected chi connectivity index (χ1v) is 5.15. The highest BCUT2D eigenvalue weighted by atomic mass is 19.2. The standard InChI is InChI=1S/C14H10F2O/c1-9(17)11-4-2-3-5-12(11)10-6-7-13(15)14(16)8-10/h2-8H,1H3. The minimum Gasteiger partial charge on any atom is -0.294 e. The summed E-state index contributed by atoms with van der Waals surface area (Å²) in [7, 11) is 0. The maximum Gasteiger partial charge on any atom is 0.160 e. The molecule has 0 aromatic heterocycles. The van der Waals surface area contributed by atoms with Crippen molar-refractivity contribution < 1.29 is 13.6 Å². The van der Waals surface area contributed by atoms with Gasteiger partial charge in [0.1, 0.15) is 0 Å². The highest BCUT2D eigenvalue weighted by Gasteiger charge is 2.10. The van der Waals surface area contributed by atoms with Crippen LogP contribution in [0.4, 0.5) is 8.78 Å². The van der Waals surface area contributed by atoms with Crippen LogP contribution in [-0.2, 0) is 0 Å². The van der Waals surface area contributed by atoms with Crippen LogP contribution in [-0.4, -0.2) is 5.78 Å². The van der Waals surface area contributed by atoms with Crippen LogP contribution in [0.3, 0.4) is 0 Å². The molecule has 2 rings (SSSR count). The zero-order valence-electron chi connectivity index (χ0n) is 9.21. The fourth-order valence-corrected chi connectivity index (χ4v) is 1.71. The second kappa shape index (κ2) is 4.45. The monoisotopic (exact) mass is 232 g/mol. The van der Waals surface area contributed by atoms with Crippen molar-refractivity contribution in [3.8, 4) is 11.1 Å². The van der Waals surface area contributed by atoms with Crippen LogP contribution in [0.5, 0.6) is 0 Å². The highest BCUT2D eigenvalue weighted by molar-refractivity contribution is 6.00. The van der Waals surface area contributed by atoms with Crippen LogP contribution in [0, 0.1) is 11.6 Å². The molecule has 3 heteroatoms. The van der Waals surface area contributed by atoms with Crippen molar-refractivity contribution in [2.24, 2.45) is 0 Å². The third-order valence-electron chi connectivity index (χ3n) is 2.54. The van der Waals surface area contributed by atoms with Gasteiger partial charge in [0, 0.05) is 5.56 Å². The molecule has 0 saturated carbocycles. The lowest BCUT2D eigenvalue weighted by atomic mass is 9.97. The molecule has 86 valence electrons. The first-order chi connectivity index (χ1) is 8.09. The fourth-order valence-electron chi connectivity index (χ4n) is 1.71. The summed E-state index contributed by atoms with van der Waals surface area (Å²) in [6.45, 7) is 1.44. The summed E-state index contributed by atoms with van der Waals surface area (Å²) in [5.74, 6) is -1.92. The number of rotatable bonds is 2. The molecule has 0 amide bonds. The van der Waals surface area contributed by atoms with Gasteiger partial charge in [0.05, 0.1) is 0 Å². The van der Waals surface area contributed by atoms with E-state index in [1.165, 1.54) is 13.0 Å². The van der Waals surface area contributed by atoms with Crippen molar-refractivity contribution in [3.05, 3.63) is 59.7 Å². The van der Waals surface area contributed by atoms with E-state index in [-0.39, 0.29) is 5.78 Å². The lowest BCUT2D eigenvalue weighted by Gasteiger charge is -2.07. The Labute approximate surface area is 97.7 Å². The van der Waals surface area contributed by atoms with Crippen molar-refractivity contribution in [1.29, 1.82) is 0 Å². The predicted octanol–water partition coefficient (Wildman–Crippen LogP) is 3.83. The second-order valence-corrected chi connectivity index (χ2v) is 3.73. The molecular formula is C14H10F2O. The summed E-state index contributed by atoms with van der Waals surface area (Å²) in [6, 6.07) is 10.5. The summed E-state index contributed by atoms with van der Waals surface area (Å²) in [5.41, 5.74) is 1.60. The van der Waals surface area contributed by atoms with Gasteiger partial charge in [-0.25, -0.2) is 8.78 Å². The van der Waals surface area contributed by atoms with Crippen LogP contribution in [0.2, 0.25) is 0 Å². The van der Waals surface area contributed by atoms with E-state index in [4.69, 9.17) is 0 Å². The molecule has 0 atom stereocenters. The molecule has 0 aliphatic heterocycles. The summed E-state index contributed by atoms with van der Waals surface area (Å²) in [5, 5.41) is 0. The number of carbonyl (C=O) groups excluding carboxylic acids is 1. The summed E-state index contributed by atoms with van der Waals surface area (Å²) < 4.78 is 26.0. The van der Waals surface area contributed by atoms with Gasteiger partial charge in [-0.3, -0.25) is 4.79 Å². The van der Waals surface area contributed by atoms with Gasteiger partial charge >= 0.3 is 0 Å². The van der Waals surface area contributed by atoms with E-state index >= 15 is 0 Å². The van der Waals surface area contributed by atoms with Crippen LogP contribution >= 0.6 is 0 Å². The smallest absolute Gasteiger partial charge is 0.160 e. The molecule has 0 aliphatic carbocycles. The lowest BCUT2D eigenvalue weighted by Crippen LogP contribution is -1.96. The minimum atomic E-state index is -0.916. The SMILES string of the molecule is CC(=O)c1ccccc1-c1ccc(F)c(F)c1. The van der Waals surface area contributed by atoms with E-state index in [1.807, 2.05) is 0 Å². The molecule has 17 heavy (non-hydrogen) atoms. The van der Waals surface area contributed by atoms with E-state index in [2.05, 4.69) is 0 Å². The highest BCUT2D eigenvalue weighted by Crippen LogP contribution is 2.25. The summed E-state index contributed by atoms with van der Waals surface area (Å²) in [4.78, 5) is 11.4. The van der Waals surface area contributed by atoms with E-state index in [9.17, 15) is 13.6 Å². The number of benzene rings is 2. The topological polar surface area (TPSA) is 17.1 Å². The number of hydrogen-bond donors (Lipinski definition) is 0. The first-order valence-electron chi connectivity index (χ1n) is 5.15. The molecule has 1 nitrogen and oxygen atoms in total. The Balaban J connectivity index is 2.60. The van der Waals surface area contributed by atoms with Crippen molar-refractivity contribution in [3.63, 3.8) is 0 Å². The van der Waals surface area contributed by atoms with Crippen molar-refractivity contribution in [1.82, 2.24) is 0 Å². The van der Waals surface area contributed by atoms with E-state index in [0.29, 0.717) is 16.7 Å². The maximum absolute atomic E-state index is 13.1. The zero-order chi connectivity index (χ0) is 12.4. The molecular weight excluding hydrogens is 222 g/mol. The van der Waals surface area contributed by atoms with Crippen molar-refractivity contribution in [2.45, 2.75) is 6.92 Å². The molecule has 0 bridgehead atoms. The Kier molecular flexibility index (Phi) is 3.00. The third-order valence-corrected chi connectivity index (χ3v) is 2.54. The first kappa shape index (κ1) is 11.5. The number of ketones is 1. The number of Topliss-reactive ketones (excluding diaryl/α,β-unsaturated/α-hetero) is 1. The molecule has 0 N–H and O–H groups in total. The number of hydrogen-bond acceptors (Lipinski definition) is 1. The summed E-state index contributed by atoms with van der Waals surface area (Å²) >= 11 is 0. The normalized spacial score (nSPS) is 10.3. The third kappa shape index (κ3) is 2.23. The van der Waals surface area contributed by atoms with Gasteiger partial charge in [-0.2, -0.15) is 0 Å². The van der Waals surface area contributed by atoms with Crippen molar-refractivity contribution >= 4 is 5.78 Å². The molecule has 0 saturated heterocycles. The van der Waals surface area contributed by atoms with Crippen LogP contribution in [0.15, 0.2) is 42.5 Å². The fraction of sp³-hybridized carbons (Fsp3) is 0.0714. The van der Waals surface area contributed by atoms with Gasteiger partial charge in [-0.1, -0.05) is 30.3 Å². The Hall–Kier alpha value is -2.03. The van der Waals surface area contributed by atoms with Gasteiger partial charge in [0.15, 0.2) is 17.4 Å². The molecule has 0 spiro atoms. The molecule has 0 aliphatic rings. The van der Waals surface area contributed by atoms with Gasteiger partial charge in [-0.15, -0.1) is 0 Å². The van der Waals surface area contributed by atoms with E-state index in [1.54, 1.807) is 24.3 Å². The van der Waals surface area contributed by atoms with E-state index in [0.717, 1.165) is 12.1 Å². The Morgan fingerprint density at radius 1 is 1.00 bits per heavy atom. The number of halogens is 2. The lowest BCUT2D eigenvalue weighted by molar-refractivity contribution is 0.101. The van der Waals surface area contributed by atoms with Gasteiger partial charge in [0.25, 0.3) is 0 Å². The molecule has 2 aromatic carbocycles. The molecule has 0 fully saturated rings. The maximum atomic E-state index is 13.1. The Morgan fingerprint density at radius 2 is 1.71 bits per heavy atom. The van der Waals surface area contributed by atoms with Gasteiger partial charge < -0.3 is 0 Å². The Morgan fingerprint density at radius 3 is 2.35 bits per heavy atom. The van der Waals surface area contributed by atoms with Crippen molar-refractivity contribution in [2.75, 3.05) is 0 Å². The summed E-state index contributed by atoms with van der Waals surface area (Å²) in [6.07, 6.45) is 0. The minimum absolute atomic E-state index is 0.106. The quantitative estimate of drug-likeness (QED) is 0.719. The zero-order valence-corrected chi connectivity index (χ0v) is 9.21. The molecule has 2 aromatic rings. The average Bonchev–Trinajstić information content (AvgIpc) is 2.32. The molecule has 0 radical (unpaired) electrons. The largest absolute Gasteiger partial charge is 0.294 e. The van der Waals surface area contributed by atoms with E-state index < -0.39 is 11.6 Å². The van der Waals surface area contributed by atoms with Crippen LogP contribution in [0.1, 0.15) is 17.3 Å². The van der Waals surface area contributed by atoms with Crippen LogP contribution < -0.4 is 0 Å². The number of carbonyl (C=O) groups is 1. The second-order valence-electron chi connectivity index (χ2n) is 3.73. The molecule has 0 heterocycles. The predicted molar refractivity (Wildman–Crippen MR) is 61.8 cm³/mol. The van der Waals surface area contributed by atoms with Gasteiger partial charge in [-0.05, 0) is 30.2 Å². The van der Waals surface area contributed by atoms with Crippen LogP contribution in [0.25, 0.3) is 11.1 Å². The van der Waals surface area contributed by atoms with Gasteiger partial charge in [0.2, 0.25) is 0 Å².